The molecule has 1 unspecified atom stereocenters. The number of nitrogens with zero attached hydrogens (tertiary/aromatic N) is 1. The van der Waals surface area contributed by atoms with Gasteiger partial charge in [0.1, 0.15) is 6.04 Å². The third-order valence-electron chi connectivity index (χ3n) is 5.69. The van der Waals surface area contributed by atoms with Crippen molar-refractivity contribution in [3.8, 4) is 0 Å². The Morgan fingerprint density at radius 1 is 1.03 bits per heavy atom. The van der Waals surface area contributed by atoms with E-state index >= 15 is 0 Å². The van der Waals surface area contributed by atoms with Gasteiger partial charge in [0.05, 0.1) is 22.6 Å². The zero-order chi connectivity index (χ0) is 23.8. The lowest BCUT2D eigenvalue weighted by Crippen LogP contribution is -2.54. The van der Waals surface area contributed by atoms with Crippen LogP contribution < -0.4 is 5.32 Å². The highest BCUT2D eigenvalue weighted by molar-refractivity contribution is 7.86. The van der Waals surface area contributed by atoms with Gasteiger partial charge in [-0.3, -0.25) is 33.6 Å². The number of benzene rings is 2. The minimum absolute atomic E-state index is 0.0451. The first-order valence-electron chi connectivity index (χ1n) is 10.5. The van der Waals surface area contributed by atoms with Crippen LogP contribution in [0.2, 0.25) is 0 Å². The Labute approximate surface area is 190 Å². The first-order valence-corrected chi connectivity index (χ1v) is 11.9. The number of carbonyl (C=O) groups is 4. The number of imide groups is 2. The molecule has 172 valence electrons. The third kappa shape index (κ3) is 4.44. The van der Waals surface area contributed by atoms with Gasteiger partial charge in [0, 0.05) is 6.42 Å². The summed E-state index contributed by atoms with van der Waals surface area (Å²) in [4.78, 5) is 50.5. The molecule has 1 N–H and O–H groups in total. The first-order chi connectivity index (χ1) is 15.7. The van der Waals surface area contributed by atoms with Crippen LogP contribution in [0.25, 0.3) is 0 Å². The van der Waals surface area contributed by atoms with E-state index in [0.29, 0.717) is 18.4 Å². The van der Waals surface area contributed by atoms with E-state index in [4.69, 9.17) is 4.18 Å². The Bertz CT molecular complexity index is 1250. The quantitative estimate of drug-likeness (QED) is 0.371. The monoisotopic (exact) mass is 470 g/mol. The Balaban J connectivity index is 1.44. The Morgan fingerprint density at radius 2 is 1.76 bits per heavy atom. The molecule has 4 rings (SSSR count). The van der Waals surface area contributed by atoms with E-state index in [9.17, 15) is 27.6 Å². The lowest BCUT2D eigenvalue weighted by atomic mass is 9.99. The summed E-state index contributed by atoms with van der Waals surface area (Å²) in [5, 5.41) is 2.16. The molecule has 0 spiro atoms. The number of hydrogen-bond acceptors (Lipinski definition) is 7. The molecule has 4 amide bonds. The normalized spacial score (nSPS) is 18.5. The average molecular weight is 471 g/mol. The predicted molar refractivity (Wildman–Crippen MR) is 116 cm³/mol. The summed E-state index contributed by atoms with van der Waals surface area (Å²) < 4.78 is 29.7. The summed E-state index contributed by atoms with van der Waals surface area (Å²) >= 11 is 0. The van der Waals surface area contributed by atoms with Crippen molar-refractivity contribution >= 4 is 33.7 Å². The standard InChI is InChI=1S/C23H22N2O7S/c1-14-7-9-16(10-8-14)33(30,31)32-13-3-5-15-4-2-6-17-20(15)23(29)25(22(17)28)18-11-12-19(26)24-21(18)27/h2,4,6-10,18H,3,5,11-13H2,1H3,(H,24,26,27). The van der Waals surface area contributed by atoms with Crippen LogP contribution in [-0.4, -0.2) is 49.6 Å². The van der Waals surface area contributed by atoms with Crippen molar-refractivity contribution in [1.29, 1.82) is 0 Å². The molecule has 2 heterocycles. The number of amides is 4. The zero-order valence-electron chi connectivity index (χ0n) is 17.9. The third-order valence-corrected chi connectivity index (χ3v) is 7.02. The lowest BCUT2D eigenvalue weighted by molar-refractivity contribution is -0.136. The van der Waals surface area contributed by atoms with E-state index in [1.165, 1.54) is 18.2 Å². The molecule has 0 bridgehead atoms. The molecule has 2 aliphatic rings. The van der Waals surface area contributed by atoms with Gasteiger partial charge in [-0.2, -0.15) is 8.42 Å². The van der Waals surface area contributed by atoms with Crippen molar-refractivity contribution in [2.24, 2.45) is 0 Å². The molecule has 9 nitrogen and oxygen atoms in total. The summed E-state index contributed by atoms with van der Waals surface area (Å²) in [5.41, 5.74) is 1.89. The summed E-state index contributed by atoms with van der Waals surface area (Å²) in [6, 6.07) is 10.1. The zero-order valence-corrected chi connectivity index (χ0v) is 18.7. The fourth-order valence-electron chi connectivity index (χ4n) is 4.00. The van der Waals surface area contributed by atoms with Crippen LogP contribution >= 0.6 is 0 Å². The van der Waals surface area contributed by atoms with Crippen LogP contribution in [0.4, 0.5) is 0 Å². The molecule has 33 heavy (non-hydrogen) atoms. The molecule has 0 saturated carbocycles. The van der Waals surface area contributed by atoms with Gasteiger partial charge in [0.15, 0.2) is 0 Å². The van der Waals surface area contributed by atoms with E-state index in [2.05, 4.69) is 5.32 Å². The van der Waals surface area contributed by atoms with Crippen LogP contribution in [0, 0.1) is 6.92 Å². The fourth-order valence-corrected chi connectivity index (χ4v) is 4.94. The Kier molecular flexibility index (Phi) is 6.13. The first kappa shape index (κ1) is 22.8. The molecule has 1 atom stereocenters. The van der Waals surface area contributed by atoms with Gasteiger partial charge >= 0.3 is 0 Å². The molecule has 10 heteroatoms. The number of fused-ring (bicyclic) bond motifs is 1. The SMILES string of the molecule is Cc1ccc(S(=O)(=O)OCCCc2cccc3c2C(=O)N(C2CCC(=O)NC2=O)C3=O)cc1. The van der Waals surface area contributed by atoms with E-state index in [1.807, 2.05) is 6.92 Å². The maximum Gasteiger partial charge on any atom is 0.296 e. The van der Waals surface area contributed by atoms with Crippen molar-refractivity contribution in [2.45, 2.75) is 43.5 Å². The van der Waals surface area contributed by atoms with E-state index < -0.39 is 39.8 Å². The molecule has 2 aromatic carbocycles. The summed E-state index contributed by atoms with van der Waals surface area (Å²) in [7, 11) is -3.90. The molecule has 1 saturated heterocycles. The number of aryl methyl sites for hydroxylation is 2. The van der Waals surface area contributed by atoms with Gasteiger partial charge < -0.3 is 0 Å². The second kappa shape index (κ2) is 8.87. The number of rotatable bonds is 7. The Morgan fingerprint density at radius 3 is 2.45 bits per heavy atom. The highest BCUT2D eigenvalue weighted by Crippen LogP contribution is 2.30. The average Bonchev–Trinajstić information content (AvgIpc) is 3.03. The van der Waals surface area contributed by atoms with Crippen LogP contribution in [0.5, 0.6) is 0 Å². The van der Waals surface area contributed by atoms with E-state index in [1.54, 1.807) is 24.3 Å². The molecular formula is C23H22N2O7S. The van der Waals surface area contributed by atoms with Crippen molar-refractivity contribution in [1.82, 2.24) is 10.2 Å². The second-order valence-electron chi connectivity index (χ2n) is 7.98. The van der Waals surface area contributed by atoms with E-state index in [-0.39, 0.29) is 35.5 Å². The van der Waals surface area contributed by atoms with E-state index in [0.717, 1.165) is 10.5 Å². The van der Waals surface area contributed by atoms with Gasteiger partial charge in [-0.25, -0.2) is 0 Å². The second-order valence-corrected chi connectivity index (χ2v) is 9.59. The molecular weight excluding hydrogens is 448 g/mol. The summed E-state index contributed by atoms with van der Waals surface area (Å²) in [5.74, 6) is -2.27. The van der Waals surface area contributed by atoms with Gasteiger partial charge in [-0.1, -0.05) is 29.8 Å². The van der Waals surface area contributed by atoms with Crippen molar-refractivity contribution < 1.29 is 31.8 Å². The molecule has 1 fully saturated rings. The molecule has 2 aromatic rings. The summed E-state index contributed by atoms with van der Waals surface area (Å²) in [6.45, 7) is 1.75. The molecule has 0 radical (unpaired) electrons. The lowest BCUT2D eigenvalue weighted by Gasteiger charge is -2.27. The highest BCUT2D eigenvalue weighted by atomic mass is 32.2. The van der Waals surface area contributed by atoms with Crippen molar-refractivity contribution in [3.05, 3.63) is 64.7 Å². The van der Waals surface area contributed by atoms with Crippen LogP contribution in [0.1, 0.15) is 51.1 Å². The Hall–Kier alpha value is -3.37. The fraction of sp³-hybridized carbons (Fsp3) is 0.304. The van der Waals surface area contributed by atoms with Gasteiger partial charge in [0.2, 0.25) is 11.8 Å². The number of piperidine rings is 1. The van der Waals surface area contributed by atoms with Gasteiger partial charge in [-0.05, 0) is 49.9 Å². The van der Waals surface area contributed by atoms with Crippen LogP contribution in [0.3, 0.4) is 0 Å². The minimum atomic E-state index is -3.90. The van der Waals surface area contributed by atoms with Crippen LogP contribution in [-0.2, 0) is 30.3 Å². The topological polar surface area (TPSA) is 127 Å². The molecule has 0 aliphatic carbocycles. The maximum absolute atomic E-state index is 13.1. The van der Waals surface area contributed by atoms with Crippen LogP contribution in [0.15, 0.2) is 47.4 Å². The number of carbonyl (C=O) groups excluding carboxylic acids is 4. The summed E-state index contributed by atoms with van der Waals surface area (Å²) in [6.07, 6.45) is 0.718. The van der Waals surface area contributed by atoms with Gasteiger partial charge in [0.25, 0.3) is 21.9 Å². The molecule has 0 aromatic heterocycles. The van der Waals surface area contributed by atoms with Gasteiger partial charge in [-0.15, -0.1) is 0 Å². The number of nitrogens with one attached hydrogen (secondary N) is 1. The minimum Gasteiger partial charge on any atom is -0.295 e. The maximum atomic E-state index is 13.1. The number of hydrogen-bond donors (Lipinski definition) is 1. The smallest absolute Gasteiger partial charge is 0.295 e. The largest absolute Gasteiger partial charge is 0.296 e. The van der Waals surface area contributed by atoms with Crippen molar-refractivity contribution in [2.75, 3.05) is 6.61 Å². The molecule has 2 aliphatic heterocycles. The predicted octanol–water partition coefficient (Wildman–Crippen LogP) is 1.73. The van der Waals surface area contributed by atoms with Crippen molar-refractivity contribution in [3.63, 3.8) is 0 Å². The highest BCUT2D eigenvalue weighted by Gasteiger charge is 2.45.